The number of fused-ring (bicyclic) bond motifs is 1. The molecule has 0 bridgehead atoms. The van der Waals surface area contributed by atoms with Gasteiger partial charge in [0, 0.05) is 23.7 Å². The number of nitrogens with zero attached hydrogens (tertiary/aromatic N) is 1. The molecule has 0 unspecified atom stereocenters. The number of hydrogen-bond donors (Lipinski definition) is 1. The topological polar surface area (TPSA) is 68.5 Å². The highest BCUT2D eigenvalue weighted by Crippen LogP contribution is 2.39. The zero-order valence-corrected chi connectivity index (χ0v) is 12.1. The van der Waals surface area contributed by atoms with Gasteiger partial charge in [0.15, 0.2) is 0 Å². The van der Waals surface area contributed by atoms with Gasteiger partial charge < -0.3 is 14.4 Å². The molecule has 9 heteroatoms. The molecule has 122 valence electrons. The molecule has 0 aliphatic heterocycles. The fraction of sp³-hybridized carbons (Fsp3) is 0.286. The largest absolute Gasteiger partial charge is 0.573 e. The van der Waals surface area contributed by atoms with Crippen molar-refractivity contribution >= 4 is 28.5 Å². The van der Waals surface area contributed by atoms with Crippen molar-refractivity contribution in [2.45, 2.75) is 25.2 Å². The van der Waals surface area contributed by atoms with Crippen LogP contribution in [0.3, 0.4) is 0 Å². The second-order valence-corrected chi connectivity index (χ2v) is 5.57. The van der Waals surface area contributed by atoms with Gasteiger partial charge in [-0.15, -0.1) is 13.2 Å². The number of ether oxygens (including phenoxy) is 1. The summed E-state index contributed by atoms with van der Waals surface area (Å²) in [5.74, 6) is -2.04. The highest BCUT2D eigenvalue weighted by atomic mass is 35.5. The predicted molar refractivity (Wildman–Crippen MR) is 75.1 cm³/mol. The van der Waals surface area contributed by atoms with Crippen molar-refractivity contribution in [2.24, 2.45) is 0 Å². The number of rotatable bonds is 3. The quantitative estimate of drug-likeness (QED) is 0.921. The van der Waals surface area contributed by atoms with Crippen LogP contribution in [-0.2, 0) is 0 Å². The lowest BCUT2D eigenvalue weighted by molar-refractivity contribution is -0.274. The third-order valence-electron chi connectivity index (χ3n) is 3.48. The maximum atomic E-state index is 12.4. The van der Waals surface area contributed by atoms with E-state index in [1.165, 1.54) is 4.57 Å². The van der Waals surface area contributed by atoms with Crippen LogP contribution in [0.15, 0.2) is 23.1 Å². The molecule has 1 aromatic heterocycles. The average Bonchev–Trinajstić information content (AvgIpc) is 3.23. The minimum atomic E-state index is -4.93. The zero-order chi connectivity index (χ0) is 16.9. The number of carbonyl (C=O) groups is 1. The van der Waals surface area contributed by atoms with Crippen LogP contribution in [0, 0.1) is 0 Å². The van der Waals surface area contributed by atoms with E-state index in [-0.39, 0.29) is 16.9 Å². The molecule has 1 saturated carbocycles. The van der Waals surface area contributed by atoms with E-state index in [4.69, 9.17) is 16.7 Å². The third kappa shape index (κ3) is 2.98. The Labute approximate surface area is 131 Å². The van der Waals surface area contributed by atoms with Crippen molar-refractivity contribution in [3.05, 3.63) is 39.1 Å². The number of aromatic nitrogens is 1. The molecule has 1 heterocycles. The highest BCUT2D eigenvalue weighted by Gasteiger charge is 2.33. The summed E-state index contributed by atoms with van der Waals surface area (Å²) >= 11 is 5.74. The molecule has 0 spiro atoms. The first-order chi connectivity index (χ1) is 10.7. The van der Waals surface area contributed by atoms with Gasteiger partial charge in [0.2, 0.25) is 5.43 Å². The Bertz CT molecular complexity index is 871. The Morgan fingerprint density at radius 1 is 1.35 bits per heavy atom. The Morgan fingerprint density at radius 2 is 2.00 bits per heavy atom. The Morgan fingerprint density at radius 3 is 2.52 bits per heavy atom. The van der Waals surface area contributed by atoms with Crippen LogP contribution >= 0.6 is 11.6 Å². The number of carboxylic acid groups (broad SMARTS) is 1. The third-order valence-corrected chi connectivity index (χ3v) is 3.78. The fourth-order valence-electron chi connectivity index (χ4n) is 2.36. The van der Waals surface area contributed by atoms with Gasteiger partial charge in [0.1, 0.15) is 11.3 Å². The van der Waals surface area contributed by atoms with Crippen LogP contribution in [0.1, 0.15) is 29.2 Å². The zero-order valence-electron chi connectivity index (χ0n) is 11.4. The van der Waals surface area contributed by atoms with Crippen LogP contribution in [-0.4, -0.2) is 22.0 Å². The Hall–Kier alpha value is -2.22. The molecule has 1 aromatic carbocycles. The van der Waals surface area contributed by atoms with Crippen molar-refractivity contribution in [1.29, 1.82) is 0 Å². The molecular formula is C14H9ClF3NO4. The van der Waals surface area contributed by atoms with Gasteiger partial charge in [-0.1, -0.05) is 11.6 Å². The van der Waals surface area contributed by atoms with Crippen LogP contribution < -0.4 is 10.2 Å². The summed E-state index contributed by atoms with van der Waals surface area (Å²) in [7, 11) is 0. The maximum absolute atomic E-state index is 12.4. The van der Waals surface area contributed by atoms with Crippen LogP contribution in [0.25, 0.3) is 10.9 Å². The average molecular weight is 348 g/mol. The molecule has 0 saturated heterocycles. The smallest absolute Gasteiger partial charge is 0.477 e. The molecule has 1 aliphatic rings. The highest BCUT2D eigenvalue weighted by molar-refractivity contribution is 6.32. The number of benzene rings is 1. The molecule has 5 nitrogen and oxygen atoms in total. The number of alkyl halides is 3. The van der Waals surface area contributed by atoms with Crippen LogP contribution in [0.4, 0.5) is 13.2 Å². The van der Waals surface area contributed by atoms with Crippen LogP contribution in [0.2, 0.25) is 5.02 Å². The first-order valence-electron chi connectivity index (χ1n) is 6.55. The SMILES string of the molecule is O=C(O)c1cn(C2CC2)c2cc(OC(F)(F)F)c(Cl)cc2c1=O. The van der Waals surface area contributed by atoms with Gasteiger partial charge in [-0.3, -0.25) is 4.79 Å². The summed E-state index contributed by atoms with van der Waals surface area (Å²) in [6, 6.07) is 1.96. The van der Waals surface area contributed by atoms with Gasteiger partial charge in [-0.2, -0.15) is 0 Å². The summed E-state index contributed by atoms with van der Waals surface area (Å²) in [4.78, 5) is 23.4. The second-order valence-electron chi connectivity index (χ2n) is 5.16. The number of halogens is 4. The lowest BCUT2D eigenvalue weighted by Crippen LogP contribution is -2.20. The lowest BCUT2D eigenvalue weighted by atomic mass is 10.1. The van der Waals surface area contributed by atoms with Gasteiger partial charge in [-0.25, -0.2) is 4.79 Å². The summed E-state index contributed by atoms with van der Waals surface area (Å²) < 4.78 is 42.6. The van der Waals surface area contributed by atoms with Crippen LogP contribution in [0.5, 0.6) is 5.75 Å². The number of pyridine rings is 1. The summed E-state index contributed by atoms with van der Waals surface area (Å²) in [6.45, 7) is 0. The Kier molecular flexibility index (Phi) is 3.51. The number of hydrogen-bond acceptors (Lipinski definition) is 3. The molecule has 0 amide bonds. The molecular weight excluding hydrogens is 339 g/mol. The maximum Gasteiger partial charge on any atom is 0.573 e. The van der Waals surface area contributed by atoms with Crippen molar-refractivity contribution in [3.8, 4) is 5.75 Å². The monoisotopic (exact) mass is 347 g/mol. The molecule has 2 aromatic rings. The summed E-state index contributed by atoms with van der Waals surface area (Å²) in [6.07, 6.45) is -2.29. The number of carboxylic acids is 1. The lowest BCUT2D eigenvalue weighted by Gasteiger charge is -2.15. The molecule has 0 atom stereocenters. The van der Waals surface area contributed by atoms with Crippen molar-refractivity contribution in [1.82, 2.24) is 4.57 Å². The van der Waals surface area contributed by atoms with E-state index in [1.54, 1.807) is 0 Å². The van der Waals surface area contributed by atoms with Crippen molar-refractivity contribution in [3.63, 3.8) is 0 Å². The van der Waals surface area contributed by atoms with E-state index in [0.29, 0.717) is 0 Å². The molecule has 1 aliphatic carbocycles. The summed E-state index contributed by atoms with van der Waals surface area (Å²) in [5.41, 5.74) is -1.10. The normalized spacial score (nSPS) is 15.0. The van der Waals surface area contributed by atoms with E-state index in [1.807, 2.05) is 0 Å². The molecule has 1 N–H and O–H groups in total. The number of aromatic carboxylic acids is 1. The molecule has 1 fully saturated rings. The van der Waals surface area contributed by atoms with Crippen molar-refractivity contribution in [2.75, 3.05) is 0 Å². The summed E-state index contributed by atoms with van der Waals surface area (Å²) in [5, 5.41) is 8.63. The van der Waals surface area contributed by atoms with Gasteiger partial charge >= 0.3 is 12.3 Å². The van der Waals surface area contributed by atoms with E-state index >= 15 is 0 Å². The Balaban J connectivity index is 2.29. The molecule has 23 heavy (non-hydrogen) atoms. The fourth-order valence-corrected chi connectivity index (χ4v) is 2.56. The van der Waals surface area contributed by atoms with Gasteiger partial charge in [0.25, 0.3) is 0 Å². The van der Waals surface area contributed by atoms with E-state index in [9.17, 15) is 22.8 Å². The van der Waals surface area contributed by atoms with Crippen molar-refractivity contribution < 1.29 is 27.8 Å². The standard InChI is InChI=1S/C14H9ClF3NO4/c15-9-3-7-10(4-11(9)23-14(16,17)18)19(6-1-2-6)5-8(12(7)20)13(21)22/h3-6H,1-2H2,(H,21,22). The molecule has 3 rings (SSSR count). The van der Waals surface area contributed by atoms with Gasteiger partial charge in [0.05, 0.1) is 10.5 Å². The minimum absolute atomic E-state index is 0.0590. The first kappa shape index (κ1) is 15.7. The van der Waals surface area contributed by atoms with Gasteiger partial charge in [-0.05, 0) is 18.9 Å². The predicted octanol–water partition coefficient (Wildman–Crippen LogP) is 3.59. The van der Waals surface area contributed by atoms with E-state index in [2.05, 4.69) is 4.74 Å². The first-order valence-corrected chi connectivity index (χ1v) is 6.92. The van der Waals surface area contributed by atoms with E-state index < -0.39 is 34.1 Å². The molecule has 0 radical (unpaired) electrons. The second kappa shape index (κ2) is 5.16. The van der Waals surface area contributed by atoms with E-state index in [0.717, 1.165) is 31.2 Å². The minimum Gasteiger partial charge on any atom is -0.477 e.